The lowest BCUT2D eigenvalue weighted by atomic mass is 9.93. The van der Waals surface area contributed by atoms with Crippen LogP contribution in [0.15, 0.2) is 41.2 Å². The molecule has 1 aliphatic heterocycles. The van der Waals surface area contributed by atoms with Crippen molar-refractivity contribution in [1.82, 2.24) is 20.0 Å². The topological polar surface area (TPSA) is 55.1 Å². The number of pyridine rings is 2. The molecule has 140 valence electrons. The van der Waals surface area contributed by atoms with Crippen LogP contribution in [0.5, 0.6) is 0 Å². The van der Waals surface area contributed by atoms with E-state index in [2.05, 4.69) is 27.2 Å². The predicted octanol–water partition coefficient (Wildman–Crippen LogP) is 4.27. The average Bonchev–Trinajstić information content (AvgIpc) is 3.02. The summed E-state index contributed by atoms with van der Waals surface area (Å²) in [6, 6.07) is 7.28. The van der Waals surface area contributed by atoms with Crippen LogP contribution in [0.25, 0.3) is 11.1 Å². The number of rotatable bonds is 4. The molecule has 0 spiro atoms. The number of piperidine rings is 1. The van der Waals surface area contributed by atoms with Gasteiger partial charge in [-0.2, -0.15) is 0 Å². The number of hydrogen-bond acceptors (Lipinski definition) is 5. The van der Waals surface area contributed by atoms with E-state index in [9.17, 15) is 4.39 Å². The molecule has 6 heteroatoms. The maximum atomic E-state index is 13.9. The Morgan fingerprint density at radius 1 is 1.22 bits per heavy atom. The van der Waals surface area contributed by atoms with E-state index < -0.39 is 0 Å². The van der Waals surface area contributed by atoms with Crippen molar-refractivity contribution in [3.63, 3.8) is 0 Å². The number of aryl methyl sites for hydroxylation is 2. The molecule has 0 unspecified atom stereocenters. The Hall–Kier alpha value is -2.60. The molecule has 1 fully saturated rings. The normalized spacial score (nSPS) is 18.0. The highest BCUT2D eigenvalue weighted by Crippen LogP contribution is 2.30. The summed E-state index contributed by atoms with van der Waals surface area (Å²) in [4.78, 5) is 11.2. The van der Waals surface area contributed by atoms with Gasteiger partial charge in [0, 0.05) is 48.2 Å². The molecule has 3 aromatic rings. The minimum absolute atomic E-state index is 0.235. The summed E-state index contributed by atoms with van der Waals surface area (Å²) < 4.78 is 19.2. The minimum atomic E-state index is -0.235. The molecular weight excluding hydrogens is 343 g/mol. The third-order valence-electron chi connectivity index (χ3n) is 5.24. The molecule has 5 nitrogen and oxygen atoms in total. The summed E-state index contributed by atoms with van der Waals surface area (Å²) in [5, 5.41) is 4.02. The Balaban J connectivity index is 1.48. The Kier molecular flexibility index (Phi) is 4.99. The zero-order chi connectivity index (χ0) is 18.8. The Bertz CT molecular complexity index is 903. The van der Waals surface area contributed by atoms with E-state index in [1.165, 1.54) is 6.07 Å². The van der Waals surface area contributed by atoms with Crippen LogP contribution in [0.3, 0.4) is 0 Å². The van der Waals surface area contributed by atoms with Crippen molar-refractivity contribution < 1.29 is 8.91 Å². The van der Waals surface area contributed by atoms with E-state index in [0.717, 1.165) is 54.2 Å². The molecule has 0 saturated carbocycles. The van der Waals surface area contributed by atoms with Gasteiger partial charge in [-0.1, -0.05) is 11.2 Å². The van der Waals surface area contributed by atoms with Crippen LogP contribution in [0.1, 0.15) is 41.6 Å². The van der Waals surface area contributed by atoms with Crippen LogP contribution in [-0.4, -0.2) is 33.1 Å². The Labute approximate surface area is 158 Å². The second kappa shape index (κ2) is 7.56. The maximum Gasteiger partial charge on any atom is 0.146 e. The molecule has 0 bridgehead atoms. The van der Waals surface area contributed by atoms with Gasteiger partial charge in [-0.15, -0.1) is 0 Å². The van der Waals surface area contributed by atoms with Gasteiger partial charge in [0.25, 0.3) is 0 Å². The third-order valence-corrected chi connectivity index (χ3v) is 5.24. The van der Waals surface area contributed by atoms with Crippen molar-refractivity contribution >= 4 is 0 Å². The van der Waals surface area contributed by atoms with Gasteiger partial charge < -0.3 is 4.52 Å². The van der Waals surface area contributed by atoms with Gasteiger partial charge in [0.1, 0.15) is 11.6 Å². The lowest BCUT2D eigenvalue weighted by Crippen LogP contribution is -2.34. The molecule has 4 rings (SSSR count). The van der Waals surface area contributed by atoms with Crippen molar-refractivity contribution in [2.24, 2.45) is 0 Å². The summed E-state index contributed by atoms with van der Waals surface area (Å²) >= 11 is 0. The summed E-state index contributed by atoms with van der Waals surface area (Å²) in [5.74, 6) is 0.925. The summed E-state index contributed by atoms with van der Waals surface area (Å²) in [6.07, 6.45) is 5.72. The van der Waals surface area contributed by atoms with Crippen LogP contribution in [0.4, 0.5) is 4.39 Å². The number of likely N-dealkylation sites (tertiary alicyclic amines) is 1. The van der Waals surface area contributed by atoms with Gasteiger partial charge in [-0.05, 0) is 51.4 Å². The summed E-state index contributed by atoms with van der Waals surface area (Å²) in [5.41, 5.74) is 4.52. The molecule has 1 saturated heterocycles. The van der Waals surface area contributed by atoms with Crippen LogP contribution in [0.2, 0.25) is 0 Å². The lowest BCUT2D eigenvalue weighted by molar-refractivity contribution is 0.194. The standard InChI is InChI=1S/C21H23FN4O/c1-14-21(15(2)27-25-14)16-7-8-19(24-11-16)17-5-4-10-26(12-17)13-20-18(22)6-3-9-23-20/h3,6-9,11,17H,4-5,10,12-13H2,1-2H3/t17-/m0/s1. The highest BCUT2D eigenvalue weighted by Gasteiger charge is 2.23. The zero-order valence-corrected chi connectivity index (χ0v) is 15.7. The van der Waals surface area contributed by atoms with E-state index in [4.69, 9.17) is 9.51 Å². The first kappa shape index (κ1) is 17.8. The number of halogens is 1. The van der Waals surface area contributed by atoms with E-state index in [0.29, 0.717) is 18.2 Å². The first-order valence-corrected chi connectivity index (χ1v) is 9.33. The van der Waals surface area contributed by atoms with Crippen molar-refractivity contribution in [3.05, 3.63) is 65.3 Å². The minimum Gasteiger partial charge on any atom is -0.361 e. The van der Waals surface area contributed by atoms with Crippen molar-refractivity contribution in [2.75, 3.05) is 13.1 Å². The van der Waals surface area contributed by atoms with Gasteiger partial charge in [0.15, 0.2) is 0 Å². The number of aromatic nitrogens is 3. The predicted molar refractivity (Wildman–Crippen MR) is 101 cm³/mol. The Morgan fingerprint density at radius 2 is 2.11 bits per heavy atom. The van der Waals surface area contributed by atoms with Crippen LogP contribution in [-0.2, 0) is 6.54 Å². The monoisotopic (exact) mass is 366 g/mol. The highest BCUT2D eigenvalue weighted by atomic mass is 19.1. The number of hydrogen-bond donors (Lipinski definition) is 0. The lowest BCUT2D eigenvalue weighted by Gasteiger charge is -2.32. The van der Waals surface area contributed by atoms with Crippen molar-refractivity contribution in [3.8, 4) is 11.1 Å². The zero-order valence-electron chi connectivity index (χ0n) is 15.7. The molecule has 0 amide bonds. The van der Waals surface area contributed by atoms with Gasteiger partial charge in [-0.3, -0.25) is 14.9 Å². The summed E-state index contributed by atoms with van der Waals surface area (Å²) in [7, 11) is 0. The van der Waals surface area contributed by atoms with Crippen LogP contribution in [0, 0.1) is 19.7 Å². The van der Waals surface area contributed by atoms with Gasteiger partial charge >= 0.3 is 0 Å². The molecule has 3 aromatic heterocycles. The van der Waals surface area contributed by atoms with Crippen LogP contribution >= 0.6 is 0 Å². The van der Waals surface area contributed by atoms with Crippen molar-refractivity contribution in [2.45, 2.75) is 39.2 Å². The first-order chi connectivity index (χ1) is 13.1. The quantitative estimate of drug-likeness (QED) is 0.690. The van der Waals surface area contributed by atoms with Gasteiger partial charge in [0.2, 0.25) is 0 Å². The Morgan fingerprint density at radius 3 is 2.81 bits per heavy atom. The molecule has 4 heterocycles. The third kappa shape index (κ3) is 3.76. The average molecular weight is 366 g/mol. The molecular formula is C21H23FN4O. The molecule has 0 aliphatic carbocycles. The molecule has 0 N–H and O–H groups in total. The molecule has 27 heavy (non-hydrogen) atoms. The SMILES string of the molecule is Cc1noc(C)c1-c1ccc([C@H]2CCCN(Cc3ncccc3F)C2)nc1. The molecule has 0 aromatic carbocycles. The van der Waals surface area contributed by atoms with Gasteiger partial charge in [0.05, 0.1) is 11.4 Å². The fourth-order valence-corrected chi connectivity index (χ4v) is 3.88. The van der Waals surface area contributed by atoms with E-state index in [1.54, 1.807) is 12.3 Å². The first-order valence-electron chi connectivity index (χ1n) is 9.33. The van der Waals surface area contributed by atoms with E-state index in [1.807, 2.05) is 20.0 Å². The van der Waals surface area contributed by atoms with Crippen molar-refractivity contribution in [1.29, 1.82) is 0 Å². The maximum absolute atomic E-state index is 13.9. The fourth-order valence-electron chi connectivity index (χ4n) is 3.88. The van der Waals surface area contributed by atoms with E-state index in [-0.39, 0.29) is 5.82 Å². The van der Waals surface area contributed by atoms with Crippen LogP contribution < -0.4 is 0 Å². The second-order valence-corrected chi connectivity index (χ2v) is 7.18. The summed E-state index contributed by atoms with van der Waals surface area (Å²) in [6.45, 7) is 6.23. The molecule has 1 aliphatic rings. The second-order valence-electron chi connectivity index (χ2n) is 7.18. The largest absolute Gasteiger partial charge is 0.361 e. The fraction of sp³-hybridized carbons (Fsp3) is 0.381. The highest BCUT2D eigenvalue weighted by molar-refractivity contribution is 5.66. The van der Waals surface area contributed by atoms with E-state index >= 15 is 0 Å². The molecule has 0 radical (unpaired) electrons. The smallest absolute Gasteiger partial charge is 0.146 e. The number of nitrogens with zero attached hydrogens (tertiary/aromatic N) is 4. The molecule has 1 atom stereocenters. The van der Waals surface area contributed by atoms with Gasteiger partial charge in [-0.25, -0.2) is 4.39 Å².